The minimum Gasteiger partial charge on any atom is -0.481 e. The third kappa shape index (κ3) is 4.06. The number of carbonyl (C=O) groups excluding carboxylic acids is 1. The summed E-state index contributed by atoms with van der Waals surface area (Å²) in [5, 5.41) is 8.78. The third-order valence-electron chi connectivity index (χ3n) is 4.88. The van der Waals surface area contributed by atoms with Crippen LogP contribution in [0, 0.1) is 5.92 Å². The van der Waals surface area contributed by atoms with Gasteiger partial charge in [0.05, 0.1) is 0 Å². The van der Waals surface area contributed by atoms with E-state index in [2.05, 4.69) is 11.9 Å². The Morgan fingerprint density at radius 1 is 1.32 bits per heavy atom. The quantitative estimate of drug-likeness (QED) is 0.734. The molecule has 1 N–H and O–H groups in total. The molecule has 6 nitrogen and oxygen atoms in total. The van der Waals surface area contributed by atoms with Gasteiger partial charge in [0.25, 0.3) is 5.91 Å². The summed E-state index contributed by atoms with van der Waals surface area (Å²) in [4.78, 5) is 34.5. The highest BCUT2D eigenvalue weighted by molar-refractivity contribution is 6.14. The standard InChI is InChI=1S/C19H27N3O3/c1-5-14-9-10-15(20-12-14)17-21-19(4,13(2)3)18(25)22(17)11-7-6-8-16(23)24/h9-10,12-13H,5-8,11H2,1-4H3,(H,23,24). The van der Waals surface area contributed by atoms with Gasteiger partial charge >= 0.3 is 5.97 Å². The number of aryl methyl sites for hydroxylation is 1. The Morgan fingerprint density at radius 2 is 2.04 bits per heavy atom. The number of aliphatic imine (C=N–C) groups is 1. The van der Waals surface area contributed by atoms with Gasteiger partial charge < -0.3 is 5.11 Å². The monoisotopic (exact) mass is 345 g/mol. The highest BCUT2D eigenvalue weighted by Gasteiger charge is 2.47. The molecule has 0 saturated heterocycles. The van der Waals surface area contributed by atoms with Gasteiger partial charge in [-0.2, -0.15) is 0 Å². The maximum Gasteiger partial charge on any atom is 0.303 e. The molecule has 0 fully saturated rings. The molecule has 0 aliphatic carbocycles. The normalized spacial score (nSPS) is 20.3. The fraction of sp³-hybridized carbons (Fsp3) is 0.579. The van der Waals surface area contributed by atoms with Gasteiger partial charge in [0, 0.05) is 19.2 Å². The first-order valence-electron chi connectivity index (χ1n) is 8.88. The number of carbonyl (C=O) groups is 2. The molecule has 136 valence electrons. The van der Waals surface area contributed by atoms with E-state index in [-0.39, 0.29) is 18.2 Å². The molecule has 1 aliphatic heterocycles. The summed E-state index contributed by atoms with van der Waals surface area (Å²) in [5.74, 6) is -0.187. The molecule has 0 spiro atoms. The van der Waals surface area contributed by atoms with Crippen LogP contribution < -0.4 is 0 Å². The van der Waals surface area contributed by atoms with Crippen LogP contribution in [0.5, 0.6) is 0 Å². The van der Waals surface area contributed by atoms with Gasteiger partial charge in [-0.3, -0.25) is 19.5 Å². The zero-order chi connectivity index (χ0) is 18.6. The second kappa shape index (κ2) is 7.76. The lowest BCUT2D eigenvalue weighted by molar-refractivity contribution is -0.137. The number of aliphatic carboxylic acids is 1. The summed E-state index contributed by atoms with van der Waals surface area (Å²) in [6, 6.07) is 3.91. The minimum atomic E-state index is -0.814. The average Bonchev–Trinajstić information content (AvgIpc) is 2.84. The van der Waals surface area contributed by atoms with E-state index in [1.54, 1.807) is 4.90 Å². The molecule has 1 aromatic heterocycles. The molecule has 1 aliphatic rings. The van der Waals surface area contributed by atoms with Crippen molar-refractivity contribution in [2.24, 2.45) is 10.9 Å². The molecule has 0 radical (unpaired) electrons. The number of carboxylic acids is 1. The van der Waals surface area contributed by atoms with Crippen LogP contribution in [0.15, 0.2) is 23.3 Å². The predicted molar refractivity (Wildman–Crippen MR) is 96.6 cm³/mol. The topological polar surface area (TPSA) is 82.9 Å². The molecule has 25 heavy (non-hydrogen) atoms. The van der Waals surface area contributed by atoms with Crippen molar-refractivity contribution >= 4 is 17.7 Å². The van der Waals surface area contributed by atoms with Crippen molar-refractivity contribution < 1.29 is 14.7 Å². The van der Waals surface area contributed by atoms with Crippen molar-refractivity contribution in [3.8, 4) is 0 Å². The molecule has 2 rings (SSSR count). The molecule has 0 bridgehead atoms. The summed E-state index contributed by atoms with van der Waals surface area (Å²) in [6.07, 6.45) is 3.99. The zero-order valence-corrected chi connectivity index (χ0v) is 15.5. The van der Waals surface area contributed by atoms with Crippen molar-refractivity contribution in [2.45, 2.75) is 58.9 Å². The van der Waals surface area contributed by atoms with Gasteiger partial charge in [-0.15, -0.1) is 0 Å². The SMILES string of the molecule is CCc1ccc(C2=NC(C)(C(C)C)C(=O)N2CCCCC(=O)O)nc1. The van der Waals surface area contributed by atoms with Gasteiger partial charge in [-0.1, -0.05) is 26.8 Å². The average molecular weight is 345 g/mol. The van der Waals surface area contributed by atoms with Crippen LogP contribution in [0.25, 0.3) is 0 Å². The second-order valence-corrected chi connectivity index (χ2v) is 6.95. The Hall–Kier alpha value is -2.24. The first kappa shape index (κ1) is 19.1. The Labute approximate surface area is 149 Å². The number of amides is 1. The minimum absolute atomic E-state index is 0.0332. The summed E-state index contributed by atoms with van der Waals surface area (Å²) < 4.78 is 0. The molecule has 1 atom stereocenters. The zero-order valence-electron chi connectivity index (χ0n) is 15.5. The first-order chi connectivity index (χ1) is 11.8. The summed E-state index contributed by atoms with van der Waals surface area (Å²) in [7, 11) is 0. The van der Waals surface area contributed by atoms with Gasteiger partial charge in [-0.05, 0) is 43.7 Å². The summed E-state index contributed by atoms with van der Waals surface area (Å²) in [5.41, 5.74) is 1.02. The Bertz CT molecular complexity index is 667. The number of hydrogen-bond acceptors (Lipinski definition) is 4. The number of pyridine rings is 1. The van der Waals surface area contributed by atoms with Crippen LogP contribution in [0.2, 0.25) is 0 Å². The lowest BCUT2D eigenvalue weighted by Gasteiger charge is -2.25. The van der Waals surface area contributed by atoms with Crippen LogP contribution in [0.1, 0.15) is 58.2 Å². The number of carboxylic acid groups (broad SMARTS) is 1. The van der Waals surface area contributed by atoms with Crippen LogP contribution in [0.3, 0.4) is 0 Å². The van der Waals surface area contributed by atoms with E-state index < -0.39 is 11.5 Å². The lowest BCUT2D eigenvalue weighted by Crippen LogP contribution is -2.44. The number of aromatic nitrogens is 1. The van der Waals surface area contributed by atoms with E-state index in [1.807, 2.05) is 39.1 Å². The number of amidine groups is 1. The molecule has 1 amide bonds. The highest BCUT2D eigenvalue weighted by atomic mass is 16.4. The van der Waals surface area contributed by atoms with Gasteiger partial charge in [0.15, 0.2) is 5.84 Å². The molecule has 0 saturated carbocycles. The summed E-state index contributed by atoms with van der Waals surface area (Å²) >= 11 is 0. The number of hydrogen-bond donors (Lipinski definition) is 1. The molecule has 1 aromatic rings. The highest BCUT2D eigenvalue weighted by Crippen LogP contribution is 2.32. The lowest BCUT2D eigenvalue weighted by atomic mass is 9.89. The number of unbranched alkanes of at least 4 members (excludes halogenated alkanes) is 1. The van der Waals surface area contributed by atoms with E-state index >= 15 is 0 Å². The number of nitrogens with zero attached hydrogens (tertiary/aromatic N) is 3. The van der Waals surface area contributed by atoms with Gasteiger partial charge in [0.1, 0.15) is 11.2 Å². The maximum absolute atomic E-state index is 13.0. The van der Waals surface area contributed by atoms with Gasteiger partial charge in [0.2, 0.25) is 0 Å². The van der Waals surface area contributed by atoms with Crippen molar-refractivity contribution in [1.29, 1.82) is 0 Å². The van der Waals surface area contributed by atoms with E-state index in [9.17, 15) is 9.59 Å². The molecule has 6 heteroatoms. The van der Waals surface area contributed by atoms with Crippen LogP contribution >= 0.6 is 0 Å². The smallest absolute Gasteiger partial charge is 0.303 e. The fourth-order valence-corrected chi connectivity index (χ4v) is 2.79. The second-order valence-electron chi connectivity index (χ2n) is 6.95. The predicted octanol–water partition coefficient (Wildman–Crippen LogP) is 2.90. The maximum atomic E-state index is 13.0. The van der Waals surface area contributed by atoms with Crippen LogP contribution in [-0.4, -0.2) is 44.8 Å². The molecular weight excluding hydrogens is 318 g/mol. The number of rotatable bonds is 8. The molecule has 1 unspecified atom stereocenters. The Balaban J connectivity index is 2.26. The van der Waals surface area contributed by atoms with Crippen LogP contribution in [-0.2, 0) is 16.0 Å². The summed E-state index contributed by atoms with van der Waals surface area (Å²) in [6.45, 7) is 8.36. The van der Waals surface area contributed by atoms with E-state index in [0.717, 1.165) is 12.0 Å². The van der Waals surface area contributed by atoms with E-state index in [1.165, 1.54) is 0 Å². The fourth-order valence-electron chi connectivity index (χ4n) is 2.79. The van der Waals surface area contributed by atoms with E-state index in [0.29, 0.717) is 30.9 Å². The molecular formula is C19H27N3O3. The Morgan fingerprint density at radius 3 is 2.56 bits per heavy atom. The Kier molecular flexibility index (Phi) is 5.93. The van der Waals surface area contributed by atoms with E-state index in [4.69, 9.17) is 10.1 Å². The van der Waals surface area contributed by atoms with Crippen molar-refractivity contribution in [3.63, 3.8) is 0 Å². The first-order valence-corrected chi connectivity index (χ1v) is 8.88. The largest absolute Gasteiger partial charge is 0.481 e. The van der Waals surface area contributed by atoms with Crippen molar-refractivity contribution in [2.75, 3.05) is 6.54 Å². The molecule has 0 aromatic carbocycles. The van der Waals surface area contributed by atoms with Crippen LogP contribution in [0.4, 0.5) is 0 Å². The van der Waals surface area contributed by atoms with Crippen molar-refractivity contribution in [1.82, 2.24) is 9.88 Å². The third-order valence-corrected chi connectivity index (χ3v) is 4.88. The molecule has 2 heterocycles. The van der Waals surface area contributed by atoms with Gasteiger partial charge in [-0.25, -0.2) is 4.99 Å². The van der Waals surface area contributed by atoms with Crippen molar-refractivity contribution in [3.05, 3.63) is 29.6 Å².